The molecule has 11 heavy (non-hydrogen) atoms. The minimum atomic E-state index is -0.608. The molecular formula is C7H7NO3. The Labute approximate surface area is 63.7 Å². The van der Waals surface area contributed by atoms with E-state index in [-0.39, 0.29) is 5.78 Å². The molecule has 0 atom stereocenters. The molecule has 4 heteroatoms. The molecule has 0 aromatic rings. The lowest BCUT2D eigenvalue weighted by atomic mass is 10.3. The van der Waals surface area contributed by atoms with Gasteiger partial charge in [0.15, 0.2) is 5.78 Å². The number of allylic oxidation sites excluding steroid dienone is 4. The highest BCUT2D eigenvalue weighted by atomic mass is 16.6. The third-order valence-electron chi connectivity index (χ3n) is 0.781. The number of nitrogens with zero attached hydrogens (tertiary/aromatic N) is 1. The second-order valence-corrected chi connectivity index (χ2v) is 1.59. The van der Waals surface area contributed by atoms with Crippen molar-refractivity contribution in [2.24, 2.45) is 0 Å². The summed E-state index contributed by atoms with van der Waals surface area (Å²) < 4.78 is 0. The molecule has 0 radical (unpaired) electrons. The zero-order valence-corrected chi connectivity index (χ0v) is 5.77. The molecule has 0 aliphatic heterocycles. The first-order chi connectivity index (χ1) is 5.16. The SMILES string of the molecule is C=CC(=O)C=CC=C[N+](=O)[O-]. The minimum absolute atomic E-state index is 0.280. The number of rotatable bonds is 4. The Hall–Kier alpha value is -1.71. The molecule has 0 aliphatic rings. The molecule has 0 N–H and O–H groups in total. The highest BCUT2D eigenvalue weighted by molar-refractivity contribution is 5.98. The van der Waals surface area contributed by atoms with Crippen LogP contribution in [0.1, 0.15) is 0 Å². The minimum Gasteiger partial charge on any atom is -0.290 e. The van der Waals surface area contributed by atoms with Gasteiger partial charge in [0.25, 0.3) is 0 Å². The van der Waals surface area contributed by atoms with Crippen molar-refractivity contribution in [2.45, 2.75) is 0 Å². The molecule has 0 saturated carbocycles. The van der Waals surface area contributed by atoms with Crippen LogP contribution < -0.4 is 0 Å². The third kappa shape index (κ3) is 6.17. The smallest absolute Gasteiger partial charge is 0.234 e. The van der Waals surface area contributed by atoms with Crippen molar-refractivity contribution in [3.05, 3.63) is 47.2 Å². The first kappa shape index (κ1) is 9.29. The molecule has 0 saturated heterocycles. The average Bonchev–Trinajstić information content (AvgIpc) is 1.97. The summed E-state index contributed by atoms with van der Waals surface area (Å²) in [6.45, 7) is 3.22. The first-order valence-corrected chi connectivity index (χ1v) is 2.81. The molecule has 0 aromatic heterocycles. The van der Waals surface area contributed by atoms with E-state index in [1.807, 2.05) is 0 Å². The standard InChI is InChI=1S/C7H7NO3/c1-2-7(9)5-3-4-6-8(10)11/h2-6H,1H2. The largest absolute Gasteiger partial charge is 0.290 e. The summed E-state index contributed by atoms with van der Waals surface area (Å²) in [6, 6.07) is 0. The zero-order chi connectivity index (χ0) is 8.69. The monoisotopic (exact) mass is 153 g/mol. The lowest BCUT2D eigenvalue weighted by Gasteiger charge is -1.76. The quantitative estimate of drug-likeness (QED) is 0.263. The predicted molar refractivity (Wildman–Crippen MR) is 40.5 cm³/mol. The summed E-state index contributed by atoms with van der Waals surface area (Å²) in [7, 11) is 0. The Kier molecular flexibility index (Phi) is 4.31. The summed E-state index contributed by atoms with van der Waals surface area (Å²) in [5.41, 5.74) is 0. The van der Waals surface area contributed by atoms with E-state index in [4.69, 9.17) is 0 Å². The van der Waals surface area contributed by atoms with Crippen LogP contribution in [-0.4, -0.2) is 10.7 Å². The number of hydrogen-bond donors (Lipinski definition) is 0. The molecule has 0 unspecified atom stereocenters. The van der Waals surface area contributed by atoms with E-state index in [0.717, 1.165) is 12.3 Å². The molecular weight excluding hydrogens is 146 g/mol. The topological polar surface area (TPSA) is 60.2 Å². The molecule has 0 bridgehead atoms. The summed E-state index contributed by atoms with van der Waals surface area (Å²) >= 11 is 0. The Morgan fingerprint density at radius 2 is 2.09 bits per heavy atom. The second-order valence-electron chi connectivity index (χ2n) is 1.59. The van der Waals surface area contributed by atoms with Crippen LogP contribution in [0.3, 0.4) is 0 Å². The van der Waals surface area contributed by atoms with Gasteiger partial charge in [0, 0.05) is 6.08 Å². The molecule has 4 nitrogen and oxygen atoms in total. The van der Waals surface area contributed by atoms with Gasteiger partial charge in [-0.2, -0.15) is 0 Å². The maximum atomic E-state index is 10.4. The Balaban J connectivity index is 3.86. The normalized spacial score (nSPS) is 10.5. The van der Waals surface area contributed by atoms with E-state index < -0.39 is 4.92 Å². The fourth-order valence-electron chi connectivity index (χ4n) is 0.338. The molecule has 58 valence electrons. The maximum Gasteiger partial charge on any atom is 0.234 e. The molecule has 0 rings (SSSR count). The fraction of sp³-hybridized carbons (Fsp3) is 0. The van der Waals surface area contributed by atoms with Crippen LogP contribution in [0.4, 0.5) is 0 Å². The lowest BCUT2D eigenvalue weighted by molar-refractivity contribution is -0.402. The summed E-state index contributed by atoms with van der Waals surface area (Å²) in [6.07, 6.45) is 5.50. The van der Waals surface area contributed by atoms with E-state index in [1.54, 1.807) is 0 Å². The van der Waals surface area contributed by atoms with Crippen LogP contribution >= 0.6 is 0 Å². The molecule has 0 spiro atoms. The Morgan fingerprint density at radius 3 is 2.55 bits per heavy atom. The van der Waals surface area contributed by atoms with Crippen LogP contribution in [0.2, 0.25) is 0 Å². The molecule has 0 amide bonds. The molecule has 0 aliphatic carbocycles. The zero-order valence-electron chi connectivity index (χ0n) is 5.77. The van der Waals surface area contributed by atoms with Crippen LogP contribution in [0.15, 0.2) is 37.1 Å². The summed E-state index contributed by atoms with van der Waals surface area (Å²) in [5, 5.41) is 9.69. The number of carbonyl (C=O) groups excluding carboxylic acids is 1. The van der Waals surface area contributed by atoms with E-state index in [9.17, 15) is 14.9 Å². The van der Waals surface area contributed by atoms with Crippen LogP contribution in [0.5, 0.6) is 0 Å². The van der Waals surface area contributed by atoms with E-state index >= 15 is 0 Å². The van der Waals surface area contributed by atoms with Crippen molar-refractivity contribution in [3.63, 3.8) is 0 Å². The lowest BCUT2D eigenvalue weighted by Crippen LogP contribution is -1.83. The highest BCUT2D eigenvalue weighted by Crippen LogP contribution is 1.80. The van der Waals surface area contributed by atoms with Gasteiger partial charge in [0.05, 0.1) is 4.92 Å². The number of nitro groups is 1. The number of hydrogen-bond acceptors (Lipinski definition) is 3. The average molecular weight is 153 g/mol. The molecule has 0 aromatic carbocycles. The Bertz CT molecular complexity index is 228. The van der Waals surface area contributed by atoms with Gasteiger partial charge in [-0.1, -0.05) is 12.7 Å². The van der Waals surface area contributed by atoms with E-state index in [2.05, 4.69) is 6.58 Å². The predicted octanol–water partition coefficient (Wildman–Crippen LogP) is 1.09. The van der Waals surface area contributed by atoms with Crippen molar-refractivity contribution in [3.8, 4) is 0 Å². The van der Waals surface area contributed by atoms with Gasteiger partial charge < -0.3 is 0 Å². The maximum absolute atomic E-state index is 10.4. The van der Waals surface area contributed by atoms with Gasteiger partial charge in [0.2, 0.25) is 6.20 Å². The number of ketones is 1. The van der Waals surface area contributed by atoms with Gasteiger partial charge in [0.1, 0.15) is 0 Å². The van der Waals surface area contributed by atoms with Crippen LogP contribution in [0, 0.1) is 10.1 Å². The molecule has 0 fully saturated rings. The van der Waals surface area contributed by atoms with Gasteiger partial charge in [-0.05, 0) is 12.2 Å². The van der Waals surface area contributed by atoms with Crippen molar-refractivity contribution in [1.82, 2.24) is 0 Å². The Morgan fingerprint density at radius 1 is 1.45 bits per heavy atom. The third-order valence-corrected chi connectivity index (χ3v) is 0.781. The van der Waals surface area contributed by atoms with E-state index in [0.29, 0.717) is 0 Å². The van der Waals surface area contributed by atoms with Crippen LogP contribution in [0.25, 0.3) is 0 Å². The van der Waals surface area contributed by atoms with Gasteiger partial charge in [-0.15, -0.1) is 0 Å². The fourth-order valence-corrected chi connectivity index (χ4v) is 0.338. The first-order valence-electron chi connectivity index (χ1n) is 2.81. The van der Waals surface area contributed by atoms with Gasteiger partial charge in [-0.3, -0.25) is 14.9 Å². The second kappa shape index (κ2) is 5.10. The highest BCUT2D eigenvalue weighted by Gasteiger charge is 1.83. The summed E-state index contributed by atoms with van der Waals surface area (Å²) in [5.74, 6) is -0.280. The van der Waals surface area contributed by atoms with Crippen molar-refractivity contribution >= 4 is 5.78 Å². The van der Waals surface area contributed by atoms with Crippen LogP contribution in [-0.2, 0) is 4.79 Å². The summed E-state index contributed by atoms with van der Waals surface area (Å²) in [4.78, 5) is 19.5. The van der Waals surface area contributed by atoms with Crippen molar-refractivity contribution in [1.29, 1.82) is 0 Å². The molecule has 0 heterocycles. The van der Waals surface area contributed by atoms with Crippen molar-refractivity contribution in [2.75, 3.05) is 0 Å². The van der Waals surface area contributed by atoms with Gasteiger partial charge in [-0.25, -0.2) is 0 Å². The number of carbonyl (C=O) groups is 1. The van der Waals surface area contributed by atoms with E-state index in [1.165, 1.54) is 18.2 Å². The van der Waals surface area contributed by atoms with Crippen molar-refractivity contribution < 1.29 is 9.72 Å². The van der Waals surface area contributed by atoms with Gasteiger partial charge >= 0.3 is 0 Å².